The van der Waals surface area contributed by atoms with Gasteiger partial charge in [-0.15, -0.1) is 0 Å². The summed E-state index contributed by atoms with van der Waals surface area (Å²) in [6, 6.07) is 1.15. The molecule has 3 nitrogen and oxygen atoms in total. The fourth-order valence-corrected chi connectivity index (χ4v) is 0.972. The maximum atomic E-state index is 12.3. The number of methoxy groups -OCH3 is 1. The molecule has 0 fully saturated rings. The van der Waals surface area contributed by atoms with Crippen molar-refractivity contribution in [1.82, 2.24) is 4.98 Å². The van der Waals surface area contributed by atoms with Crippen molar-refractivity contribution in [2.24, 2.45) is 0 Å². The summed E-state index contributed by atoms with van der Waals surface area (Å²) in [6.45, 7) is 0. The molecule has 0 aliphatic heterocycles. The SMILES string of the molecule is COc1c(C=O)ccnc1C(F)(F)F. The zero-order valence-corrected chi connectivity index (χ0v) is 7.13. The topological polar surface area (TPSA) is 39.2 Å². The first-order valence-electron chi connectivity index (χ1n) is 3.56. The number of aldehydes is 1. The number of aromatic nitrogens is 1. The lowest BCUT2D eigenvalue weighted by Crippen LogP contribution is -2.11. The molecule has 1 aromatic heterocycles. The average molecular weight is 205 g/mol. The fraction of sp³-hybridized carbons (Fsp3) is 0.250. The van der Waals surface area contributed by atoms with E-state index in [9.17, 15) is 18.0 Å². The van der Waals surface area contributed by atoms with Gasteiger partial charge in [0, 0.05) is 6.20 Å². The lowest BCUT2D eigenvalue weighted by atomic mass is 10.2. The molecule has 0 saturated heterocycles. The molecule has 0 spiro atoms. The van der Waals surface area contributed by atoms with Gasteiger partial charge in [0.25, 0.3) is 0 Å². The summed E-state index contributed by atoms with van der Waals surface area (Å²) in [5.74, 6) is -0.546. The van der Waals surface area contributed by atoms with Crippen LogP contribution in [0.5, 0.6) is 5.75 Å². The molecule has 76 valence electrons. The van der Waals surface area contributed by atoms with Crippen molar-refractivity contribution < 1.29 is 22.7 Å². The molecule has 0 unspecified atom stereocenters. The van der Waals surface area contributed by atoms with Crippen LogP contribution in [-0.2, 0) is 6.18 Å². The van der Waals surface area contributed by atoms with Gasteiger partial charge in [-0.25, -0.2) is 4.98 Å². The van der Waals surface area contributed by atoms with Crippen molar-refractivity contribution in [3.63, 3.8) is 0 Å². The van der Waals surface area contributed by atoms with Crippen LogP contribution in [0.4, 0.5) is 13.2 Å². The Morgan fingerprint density at radius 3 is 2.57 bits per heavy atom. The second-order valence-corrected chi connectivity index (χ2v) is 2.40. The molecule has 0 aromatic carbocycles. The number of hydrogen-bond donors (Lipinski definition) is 0. The summed E-state index contributed by atoms with van der Waals surface area (Å²) in [6.07, 6.45) is -3.42. The van der Waals surface area contributed by atoms with E-state index in [1.165, 1.54) is 0 Å². The Labute approximate surface area is 77.5 Å². The summed E-state index contributed by atoms with van der Waals surface area (Å²) >= 11 is 0. The summed E-state index contributed by atoms with van der Waals surface area (Å²) < 4.78 is 41.4. The van der Waals surface area contributed by atoms with Crippen molar-refractivity contribution in [1.29, 1.82) is 0 Å². The Bertz CT molecular complexity index is 349. The highest BCUT2D eigenvalue weighted by Gasteiger charge is 2.37. The van der Waals surface area contributed by atoms with Crippen molar-refractivity contribution in [2.45, 2.75) is 6.18 Å². The quantitative estimate of drug-likeness (QED) is 0.692. The van der Waals surface area contributed by atoms with Crippen molar-refractivity contribution in [3.8, 4) is 5.75 Å². The largest absolute Gasteiger partial charge is 0.494 e. The third-order valence-corrected chi connectivity index (χ3v) is 1.53. The van der Waals surface area contributed by atoms with E-state index in [-0.39, 0.29) is 11.8 Å². The summed E-state index contributed by atoms with van der Waals surface area (Å²) in [7, 11) is 1.05. The van der Waals surface area contributed by atoms with Crippen molar-refractivity contribution >= 4 is 6.29 Å². The van der Waals surface area contributed by atoms with Crippen LogP contribution in [0.3, 0.4) is 0 Å². The lowest BCUT2D eigenvalue weighted by molar-refractivity contribution is -0.142. The smallest absolute Gasteiger partial charge is 0.437 e. The van der Waals surface area contributed by atoms with Gasteiger partial charge >= 0.3 is 6.18 Å². The van der Waals surface area contributed by atoms with Gasteiger partial charge in [0.2, 0.25) is 0 Å². The molecule has 14 heavy (non-hydrogen) atoms. The van der Waals surface area contributed by atoms with Gasteiger partial charge in [0.1, 0.15) is 0 Å². The highest BCUT2D eigenvalue weighted by molar-refractivity contribution is 5.79. The molecule has 0 radical (unpaired) electrons. The molecular weight excluding hydrogens is 199 g/mol. The summed E-state index contributed by atoms with van der Waals surface area (Å²) in [5.41, 5.74) is -1.36. The standard InChI is InChI=1S/C8H6F3NO2/c1-14-6-5(4-13)2-3-12-7(6)8(9,10)11/h2-4H,1H3. The summed E-state index contributed by atoms with van der Waals surface area (Å²) in [4.78, 5) is 13.5. The molecule has 0 amide bonds. The third-order valence-electron chi connectivity index (χ3n) is 1.53. The van der Waals surface area contributed by atoms with Gasteiger partial charge in [0.05, 0.1) is 12.7 Å². The molecule has 1 rings (SSSR count). The molecule has 1 aromatic rings. The number of pyridine rings is 1. The molecule has 0 saturated carbocycles. The first kappa shape index (κ1) is 10.5. The molecule has 0 N–H and O–H groups in total. The minimum atomic E-state index is -4.62. The van der Waals surface area contributed by atoms with Crippen LogP contribution in [-0.4, -0.2) is 18.4 Å². The first-order chi connectivity index (χ1) is 6.50. The highest BCUT2D eigenvalue weighted by atomic mass is 19.4. The normalized spacial score (nSPS) is 11.1. The number of hydrogen-bond acceptors (Lipinski definition) is 3. The number of carbonyl (C=O) groups excluding carboxylic acids is 1. The number of alkyl halides is 3. The van der Waals surface area contributed by atoms with E-state index in [0.29, 0.717) is 0 Å². The highest BCUT2D eigenvalue weighted by Crippen LogP contribution is 2.35. The van der Waals surface area contributed by atoms with E-state index >= 15 is 0 Å². The van der Waals surface area contributed by atoms with E-state index in [2.05, 4.69) is 9.72 Å². The van der Waals surface area contributed by atoms with Crippen LogP contribution < -0.4 is 4.74 Å². The molecule has 1 heterocycles. The van der Waals surface area contributed by atoms with Crippen molar-refractivity contribution in [3.05, 3.63) is 23.5 Å². The average Bonchev–Trinajstić information content (AvgIpc) is 2.15. The third kappa shape index (κ3) is 1.84. The molecule has 6 heteroatoms. The molecule has 0 aliphatic carbocycles. The Morgan fingerprint density at radius 1 is 1.50 bits per heavy atom. The number of nitrogens with zero attached hydrogens (tertiary/aromatic N) is 1. The molecule has 0 bridgehead atoms. The number of carbonyl (C=O) groups is 1. The monoisotopic (exact) mass is 205 g/mol. The maximum absolute atomic E-state index is 12.3. The van der Waals surface area contributed by atoms with Gasteiger partial charge in [-0.2, -0.15) is 13.2 Å². The van der Waals surface area contributed by atoms with Crippen LogP contribution in [0.15, 0.2) is 12.3 Å². The number of ether oxygens (including phenoxy) is 1. The molecule has 0 aliphatic rings. The Morgan fingerprint density at radius 2 is 2.14 bits per heavy atom. The predicted octanol–water partition coefficient (Wildman–Crippen LogP) is 1.92. The van der Waals surface area contributed by atoms with Gasteiger partial charge in [-0.1, -0.05) is 0 Å². The summed E-state index contributed by atoms with van der Waals surface area (Å²) in [5, 5.41) is 0. The first-order valence-corrected chi connectivity index (χ1v) is 3.56. The maximum Gasteiger partial charge on any atom is 0.437 e. The zero-order chi connectivity index (χ0) is 10.8. The number of rotatable bonds is 2. The minimum absolute atomic E-state index is 0.171. The van der Waals surface area contributed by atoms with Crippen LogP contribution in [0.25, 0.3) is 0 Å². The van der Waals surface area contributed by atoms with Gasteiger partial charge in [-0.3, -0.25) is 4.79 Å². The van der Waals surface area contributed by atoms with Crippen molar-refractivity contribution in [2.75, 3.05) is 7.11 Å². The Balaban J connectivity index is 3.36. The van der Waals surface area contributed by atoms with Gasteiger partial charge in [-0.05, 0) is 6.07 Å². The van der Waals surface area contributed by atoms with E-state index in [1.54, 1.807) is 0 Å². The fourth-order valence-electron chi connectivity index (χ4n) is 0.972. The van der Waals surface area contributed by atoms with Gasteiger partial charge in [0.15, 0.2) is 17.7 Å². The van der Waals surface area contributed by atoms with Crippen LogP contribution >= 0.6 is 0 Å². The Kier molecular flexibility index (Phi) is 2.73. The minimum Gasteiger partial charge on any atom is -0.494 e. The van der Waals surface area contributed by atoms with E-state index in [1.807, 2.05) is 0 Å². The zero-order valence-electron chi connectivity index (χ0n) is 7.13. The van der Waals surface area contributed by atoms with E-state index in [4.69, 9.17) is 0 Å². The van der Waals surface area contributed by atoms with Gasteiger partial charge < -0.3 is 4.74 Å². The lowest BCUT2D eigenvalue weighted by Gasteiger charge is -2.11. The second-order valence-electron chi connectivity index (χ2n) is 2.40. The van der Waals surface area contributed by atoms with E-state index in [0.717, 1.165) is 19.4 Å². The predicted molar refractivity (Wildman–Crippen MR) is 41.2 cm³/mol. The Hall–Kier alpha value is -1.59. The molecule has 0 atom stereocenters. The van der Waals surface area contributed by atoms with Crippen LogP contribution in [0, 0.1) is 0 Å². The van der Waals surface area contributed by atoms with E-state index < -0.39 is 17.6 Å². The van der Waals surface area contributed by atoms with Crippen LogP contribution in [0.2, 0.25) is 0 Å². The molecular formula is C8H6F3NO2. The number of halogens is 3. The van der Waals surface area contributed by atoms with Crippen LogP contribution in [0.1, 0.15) is 16.1 Å². The second kappa shape index (κ2) is 3.65.